The number of amides is 1. The van der Waals surface area contributed by atoms with Gasteiger partial charge in [0.05, 0.1) is 24.7 Å². The third-order valence-electron chi connectivity index (χ3n) is 4.23. The number of hydrogen-bond donors (Lipinski definition) is 1. The van der Waals surface area contributed by atoms with Crippen molar-refractivity contribution in [3.8, 4) is 0 Å². The Morgan fingerprint density at radius 1 is 1.28 bits per heavy atom. The molecule has 25 heavy (non-hydrogen) atoms. The highest BCUT2D eigenvalue weighted by molar-refractivity contribution is 5.91. The average Bonchev–Trinajstić information content (AvgIpc) is 2.59. The van der Waals surface area contributed by atoms with Crippen molar-refractivity contribution in [3.63, 3.8) is 0 Å². The maximum atomic E-state index is 13.5. The highest BCUT2D eigenvalue weighted by Gasteiger charge is 2.36. The number of benzene rings is 1. The molecular weight excluding hydrogens is 337 g/mol. The van der Waals surface area contributed by atoms with Crippen LogP contribution in [-0.4, -0.2) is 45.9 Å². The molecule has 1 aliphatic rings. The Labute approximate surface area is 145 Å². The van der Waals surface area contributed by atoms with Crippen molar-refractivity contribution in [3.05, 3.63) is 23.8 Å². The highest BCUT2D eigenvalue weighted by Crippen LogP contribution is 2.39. The Kier molecular flexibility index (Phi) is 6.66. The van der Waals surface area contributed by atoms with Crippen LogP contribution in [-0.2, 0) is 20.4 Å². The molecule has 1 aliphatic heterocycles. The summed E-state index contributed by atoms with van der Waals surface area (Å²) in [6, 6.07) is 3.90. The number of anilines is 2. The molecule has 1 aromatic rings. The molecule has 1 amide bonds. The Balaban J connectivity index is 2.19. The lowest BCUT2D eigenvalue weighted by Gasteiger charge is -2.34. The van der Waals surface area contributed by atoms with Gasteiger partial charge in [-0.2, -0.15) is 13.2 Å². The monoisotopic (exact) mass is 360 g/mol. The van der Waals surface area contributed by atoms with Gasteiger partial charge in [-0.15, -0.1) is 0 Å². The second-order valence-electron chi connectivity index (χ2n) is 5.94. The van der Waals surface area contributed by atoms with Crippen LogP contribution in [0.25, 0.3) is 0 Å². The van der Waals surface area contributed by atoms with Crippen LogP contribution < -0.4 is 10.2 Å². The number of alkyl halides is 3. The fourth-order valence-corrected chi connectivity index (χ4v) is 2.87. The normalized spacial score (nSPS) is 16.1. The molecule has 0 saturated carbocycles. The van der Waals surface area contributed by atoms with E-state index in [1.807, 2.05) is 0 Å². The number of carbonyl (C=O) groups excluding carboxylic acids is 1. The van der Waals surface area contributed by atoms with Crippen molar-refractivity contribution < 1.29 is 27.4 Å². The first-order chi connectivity index (χ1) is 11.8. The van der Waals surface area contributed by atoms with Crippen LogP contribution in [0.4, 0.5) is 24.5 Å². The summed E-state index contributed by atoms with van der Waals surface area (Å²) in [5.41, 5.74) is -0.478. The Morgan fingerprint density at radius 2 is 1.96 bits per heavy atom. The summed E-state index contributed by atoms with van der Waals surface area (Å²) in [4.78, 5) is 13.4. The van der Waals surface area contributed by atoms with Gasteiger partial charge in [0.15, 0.2) is 0 Å². The molecule has 0 unspecified atom stereocenters. The predicted octanol–water partition coefficient (Wildman–Crippen LogP) is 3.30. The van der Waals surface area contributed by atoms with Gasteiger partial charge in [0.1, 0.15) is 0 Å². The molecule has 0 bridgehead atoms. The van der Waals surface area contributed by atoms with Crippen LogP contribution in [0.2, 0.25) is 0 Å². The van der Waals surface area contributed by atoms with Crippen molar-refractivity contribution >= 4 is 17.3 Å². The molecule has 8 heteroatoms. The Hall–Kier alpha value is -1.80. The molecule has 0 atom stereocenters. The molecule has 2 rings (SSSR count). The number of rotatable bonds is 6. The second kappa shape index (κ2) is 8.53. The molecule has 1 heterocycles. The maximum Gasteiger partial charge on any atom is 0.418 e. The molecule has 1 saturated heterocycles. The fraction of sp³-hybridized carbons (Fsp3) is 0.588. The zero-order chi connectivity index (χ0) is 18.4. The topological polar surface area (TPSA) is 50.8 Å². The first-order valence-electron chi connectivity index (χ1n) is 8.13. The largest absolute Gasteiger partial charge is 0.418 e. The van der Waals surface area contributed by atoms with E-state index in [9.17, 15) is 18.0 Å². The molecule has 0 radical (unpaired) electrons. The molecule has 0 spiro atoms. The van der Waals surface area contributed by atoms with Crippen molar-refractivity contribution in [2.45, 2.75) is 31.5 Å². The van der Waals surface area contributed by atoms with Crippen molar-refractivity contribution in [1.29, 1.82) is 0 Å². The summed E-state index contributed by atoms with van der Waals surface area (Å²) < 4.78 is 50.5. The molecule has 0 aliphatic carbocycles. The van der Waals surface area contributed by atoms with E-state index in [0.717, 1.165) is 6.07 Å². The first-order valence-corrected chi connectivity index (χ1v) is 8.13. The van der Waals surface area contributed by atoms with E-state index in [1.165, 1.54) is 19.2 Å². The van der Waals surface area contributed by atoms with Crippen LogP contribution in [0.15, 0.2) is 18.2 Å². The van der Waals surface area contributed by atoms with E-state index in [2.05, 4.69) is 5.32 Å². The molecule has 1 aromatic carbocycles. The number of methoxy groups -OCH3 is 2. The van der Waals surface area contributed by atoms with Gasteiger partial charge in [-0.05, 0) is 31.0 Å². The van der Waals surface area contributed by atoms with Crippen molar-refractivity contribution in [1.82, 2.24) is 0 Å². The van der Waals surface area contributed by atoms with Crippen LogP contribution in [0.1, 0.15) is 24.8 Å². The van der Waals surface area contributed by atoms with Gasteiger partial charge in [0.25, 0.3) is 0 Å². The van der Waals surface area contributed by atoms with Gasteiger partial charge >= 0.3 is 6.18 Å². The summed E-state index contributed by atoms with van der Waals surface area (Å²) in [6.07, 6.45) is -2.96. The van der Waals surface area contributed by atoms with Gasteiger partial charge in [0, 0.05) is 38.7 Å². The van der Waals surface area contributed by atoms with E-state index >= 15 is 0 Å². The van der Waals surface area contributed by atoms with Gasteiger partial charge < -0.3 is 19.7 Å². The first kappa shape index (κ1) is 19.5. The number of hydrogen-bond acceptors (Lipinski definition) is 4. The van der Waals surface area contributed by atoms with E-state index in [1.54, 1.807) is 12.0 Å². The maximum absolute atomic E-state index is 13.5. The third kappa shape index (κ3) is 5.34. The number of piperidine rings is 1. The Morgan fingerprint density at radius 3 is 2.52 bits per heavy atom. The van der Waals surface area contributed by atoms with Gasteiger partial charge in [0.2, 0.25) is 5.91 Å². The average molecular weight is 360 g/mol. The zero-order valence-electron chi connectivity index (χ0n) is 14.4. The van der Waals surface area contributed by atoms with E-state index in [4.69, 9.17) is 9.47 Å². The van der Waals surface area contributed by atoms with Gasteiger partial charge in [-0.3, -0.25) is 4.79 Å². The second-order valence-corrected chi connectivity index (χ2v) is 5.94. The lowest BCUT2D eigenvalue weighted by atomic mass is 10.0. The molecule has 0 aromatic heterocycles. The highest BCUT2D eigenvalue weighted by atomic mass is 19.4. The molecule has 1 fully saturated rings. The SMILES string of the molecule is COCCC(=O)Nc1ccc(N2CCC(OC)CC2)c(C(F)(F)F)c1. The molecule has 140 valence electrons. The fourth-order valence-electron chi connectivity index (χ4n) is 2.87. The number of ether oxygens (including phenoxy) is 2. The summed E-state index contributed by atoms with van der Waals surface area (Å²) in [5, 5.41) is 2.48. The minimum atomic E-state index is -4.50. The van der Waals surface area contributed by atoms with Crippen LogP contribution >= 0.6 is 0 Å². The smallest absolute Gasteiger partial charge is 0.384 e. The van der Waals surface area contributed by atoms with E-state index in [-0.39, 0.29) is 36.4 Å². The van der Waals surface area contributed by atoms with E-state index < -0.39 is 11.7 Å². The van der Waals surface area contributed by atoms with Gasteiger partial charge in [-0.25, -0.2) is 0 Å². The third-order valence-corrected chi connectivity index (χ3v) is 4.23. The zero-order valence-corrected chi connectivity index (χ0v) is 14.4. The van der Waals surface area contributed by atoms with Crippen LogP contribution in [0.3, 0.4) is 0 Å². The van der Waals surface area contributed by atoms with Crippen molar-refractivity contribution in [2.75, 3.05) is 44.1 Å². The summed E-state index contributed by atoms with van der Waals surface area (Å²) in [5.74, 6) is -0.386. The summed E-state index contributed by atoms with van der Waals surface area (Å²) in [7, 11) is 3.07. The number of nitrogens with zero attached hydrogens (tertiary/aromatic N) is 1. The van der Waals surface area contributed by atoms with Crippen LogP contribution in [0, 0.1) is 0 Å². The number of carbonyl (C=O) groups is 1. The lowest BCUT2D eigenvalue weighted by Crippen LogP contribution is -2.37. The molecule has 1 N–H and O–H groups in total. The standard InChI is InChI=1S/C17H23F3N2O3/c1-24-10-7-16(23)21-12-3-4-15(14(11-12)17(18,19)20)22-8-5-13(25-2)6-9-22/h3-4,11,13H,5-10H2,1-2H3,(H,21,23). The number of halogens is 3. The van der Waals surface area contributed by atoms with Gasteiger partial charge in [-0.1, -0.05) is 0 Å². The lowest BCUT2D eigenvalue weighted by molar-refractivity contribution is -0.137. The quantitative estimate of drug-likeness (QED) is 0.846. The van der Waals surface area contributed by atoms with Crippen molar-refractivity contribution in [2.24, 2.45) is 0 Å². The predicted molar refractivity (Wildman–Crippen MR) is 88.8 cm³/mol. The molecule has 5 nitrogen and oxygen atoms in total. The number of nitrogens with one attached hydrogen (secondary N) is 1. The minimum absolute atomic E-state index is 0.0874. The minimum Gasteiger partial charge on any atom is -0.384 e. The summed E-state index contributed by atoms with van der Waals surface area (Å²) >= 11 is 0. The van der Waals surface area contributed by atoms with Crippen LogP contribution in [0.5, 0.6) is 0 Å². The van der Waals surface area contributed by atoms with E-state index in [0.29, 0.717) is 25.9 Å². The molecular formula is C17H23F3N2O3. The Bertz CT molecular complexity index is 585. The summed E-state index contributed by atoms with van der Waals surface area (Å²) in [6.45, 7) is 1.22.